The molecule has 2 aliphatic heterocycles. The lowest BCUT2D eigenvalue weighted by atomic mass is 9.76. The molecule has 1 unspecified atom stereocenters. The number of anilines is 2. The molecule has 0 amide bonds. The van der Waals surface area contributed by atoms with Crippen LogP contribution in [0, 0.1) is 17.0 Å². The number of ether oxygens (including phenoxy) is 1. The third kappa shape index (κ3) is 5.93. The molecule has 3 heterocycles. The van der Waals surface area contributed by atoms with E-state index in [9.17, 15) is 31.9 Å². The Hall–Kier alpha value is -4.00. The Morgan fingerprint density at radius 1 is 1.05 bits per heavy atom. The van der Waals surface area contributed by atoms with Crippen LogP contribution in [0.25, 0.3) is 11.1 Å². The second-order valence-electron chi connectivity index (χ2n) is 10.2. The number of nitrogens with zero attached hydrogens (tertiary/aromatic N) is 3. The smallest absolute Gasteiger partial charge is 0.429 e. The number of alkyl halides is 3. The van der Waals surface area contributed by atoms with E-state index in [4.69, 9.17) is 10.5 Å². The predicted molar refractivity (Wildman–Crippen MR) is 136 cm³/mol. The second kappa shape index (κ2) is 10.5. The molecule has 13 heteroatoms. The Morgan fingerprint density at radius 2 is 1.70 bits per heavy atom. The highest BCUT2D eigenvalue weighted by atomic mass is 19.4. The summed E-state index contributed by atoms with van der Waals surface area (Å²) in [5.74, 6) is -2.81. The summed E-state index contributed by atoms with van der Waals surface area (Å²) >= 11 is 0. The number of piperidine rings is 1. The van der Waals surface area contributed by atoms with Crippen LogP contribution in [0.1, 0.15) is 30.9 Å². The third-order valence-corrected chi connectivity index (χ3v) is 7.46. The van der Waals surface area contributed by atoms with Gasteiger partial charge in [-0.05, 0) is 47.9 Å². The van der Waals surface area contributed by atoms with E-state index in [0.29, 0.717) is 56.3 Å². The fourth-order valence-corrected chi connectivity index (χ4v) is 5.35. The van der Waals surface area contributed by atoms with Gasteiger partial charge in [-0.15, -0.1) is 0 Å². The van der Waals surface area contributed by atoms with Gasteiger partial charge in [-0.25, -0.2) is 8.78 Å². The molecule has 1 spiro atoms. The largest absolute Gasteiger partial charge is 0.480 e. The molecular formula is C27H26F5N5O3. The zero-order valence-electron chi connectivity index (χ0n) is 21.1. The van der Waals surface area contributed by atoms with Crippen molar-refractivity contribution in [1.82, 2.24) is 15.3 Å². The highest BCUT2D eigenvalue weighted by molar-refractivity contribution is 5.74. The average molecular weight is 564 g/mol. The number of aliphatic carboxylic acids is 1. The van der Waals surface area contributed by atoms with Gasteiger partial charge in [0, 0.05) is 37.3 Å². The number of hydrogen-bond donors (Lipinski definition) is 3. The zero-order chi connectivity index (χ0) is 28.7. The summed E-state index contributed by atoms with van der Waals surface area (Å²) in [4.78, 5) is 21.2. The first-order valence-electron chi connectivity index (χ1n) is 12.6. The molecule has 3 aromatic rings. The maximum Gasteiger partial charge on any atom is 0.429 e. The summed E-state index contributed by atoms with van der Waals surface area (Å²) in [6.07, 6.45) is -5.35. The molecule has 0 radical (unpaired) electrons. The summed E-state index contributed by atoms with van der Waals surface area (Å²) < 4.78 is 74.7. The predicted octanol–water partition coefficient (Wildman–Crippen LogP) is 4.72. The monoisotopic (exact) mass is 563 g/mol. The van der Waals surface area contributed by atoms with Crippen LogP contribution >= 0.6 is 0 Å². The van der Waals surface area contributed by atoms with E-state index in [-0.39, 0.29) is 28.4 Å². The topological polar surface area (TPSA) is 114 Å². The number of nitrogens with one attached hydrogen (secondary N) is 1. The van der Waals surface area contributed by atoms with Gasteiger partial charge in [0.1, 0.15) is 23.5 Å². The molecule has 2 saturated heterocycles. The molecule has 40 heavy (non-hydrogen) atoms. The molecule has 212 valence electrons. The van der Waals surface area contributed by atoms with Gasteiger partial charge in [0.2, 0.25) is 17.9 Å². The van der Waals surface area contributed by atoms with E-state index in [1.807, 2.05) is 4.90 Å². The van der Waals surface area contributed by atoms with Crippen LogP contribution < -0.4 is 20.7 Å². The summed E-state index contributed by atoms with van der Waals surface area (Å²) in [6.45, 7) is 1.60. The Bertz CT molecular complexity index is 1370. The van der Waals surface area contributed by atoms with E-state index in [0.717, 1.165) is 12.1 Å². The van der Waals surface area contributed by atoms with Crippen LogP contribution in [0.3, 0.4) is 0 Å². The van der Waals surface area contributed by atoms with Crippen molar-refractivity contribution in [3.8, 4) is 17.0 Å². The minimum Gasteiger partial charge on any atom is -0.480 e. The van der Waals surface area contributed by atoms with Crippen LogP contribution in [0.5, 0.6) is 5.88 Å². The quantitative estimate of drug-likeness (QED) is 0.370. The molecular weight excluding hydrogens is 537 g/mol. The van der Waals surface area contributed by atoms with E-state index in [2.05, 4.69) is 15.3 Å². The number of benzene rings is 2. The standard InChI is InChI=1S/C27H26F5N5O3/c28-18-9-17(10-19(29)11-18)15-1-3-16(4-2-15)23(27(30,31)32)40-22-12-21(35-25(33)36-22)37-7-5-26(6-8-37)13-20(24(38)39)34-14-26/h1-4,9-12,20,23,34H,5-8,13-14H2,(H,38,39)(H2,33,35,36)/t20-,23?/m0/s1. The van der Waals surface area contributed by atoms with Gasteiger partial charge in [-0.2, -0.15) is 23.1 Å². The van der Waals surface area contributed by atoms with Crippen molar-refractivity contribution in [2.45, 2.75) is 37.6 Å². The molecule has 0 aliphatic carbocycles. The number of carbonyl (C=O) groups is 1. The van der Waals surface area contributed by atoms with Crippen molar-refractivity contribution < 1.29 is 36.6 Å². The summed E-state index contributed by atoms with van der Waals surface area (Å²) in [6, 6.07) is 8.56. The van der Waals surface area contributed by atoms with Crippen molar-refractivity contribution in [3.05, 3.63) is 65.7 Å². The van der Waals surface area contributed by atoms with E-state index >= 15 is 0 Å². The third-order valence-electron chi connectivity index (χ3n) is 7.46. The maximum absolute atomic E-state index is 14.1. The van der Waals surface area contributed by atoms with Gasteiger partial charge >= 0.3 is 12.1 Å². The van der Waals surface area contributed by atoms with Crippen molar-refractivity contribution in [1.29, 1.82) is 0 Å². The lowest BCUT2D eigenvalue weighted by Crippen LogP contribution is -2.41. The van der Waals surface area contributed by atoms with Crippen LogP contribution in [0.2, 0.25) is 0 Å². The molecule has 2 fully saturated rings. The number of aromatic nitrogens is 2. The highest BCUT2D eigenvalue weighted by Crippen LogP contribution is 2.41. The fourth-order valence-electron chi connectivity index (χ4n) is 5.35. The molecule has 2 aromatic carbocycles. The lowest BCUT2D eigenvalue weighted by molar-refractivity contribution is -0.198. The summed E-state index contributed by atoms with van der Waals surface area (Å²) in [5, 5.41) is 12.3. The molecule has 1 aromatic heterocycles. The molecule has 8 nitrogen and oxygen atoms in total. The number of nitrogens with two attached hydrogens (primary N) is 1. The minimum atomic E-state index is -4.82. The minimum absolute atomic E-state index is 0.164. The first-order chi connectivity index (χ1) is 18.9. The molecule has 0 saturated carbocycles. The normalized spacial score (nSPS) is 19.5. The van der Waals surface area contributed by atoms with Gasteiger partial charge in [-0.3, -0.25) is 4.79 Å². The van der Waals surface area contributed by atoms with Crippen molar-refractivity contribution in [3.63, 3.8) is 0 Å². The van der Waals surface area contributed by atoms with Gasteiger partial charge in [0.15, 0.2) is 0 Å². The van der Waals surface area contributed by atoms with Crippen LogP contribution in [0.4, 0.5) is 33.7 Å². The second-order valence-corrected chi connectivity index (χ2v) is 10.2. The zero-order valence-corrected chi connectivity index (χ0v) is 21.1. The Labute approximate surface area is 226 Å². The molecule has 4 N–H and O–H groups in total. The highest BCUT2D eigenvalue weighted by Gasteiger charge is 2.45. The Balaban J connectivity index is 1.33. The van der Waals surface area contributed by atoms with Crippen molar-refractivity contribution >= 4 is 17.7 Å². The number of nitrogen functional groups attached to an aromatic ring is 1. The van der Waals surface area contributed by atoms with Crippen molar-refractivity contribution in [2.75, 3.05) is 30.3 Å². The first-order valence-corrected chi connectivity index (χ1v) is 12.6. The molecule has 5 rings (SSSR count). The van der Waals surface area contributed by atoms with Gasteiger partial charge in [0.25, 0.3) is 0 Å². The lowest BCUT2D eigenvalue weighted by Gasteiger charge is -2.39. The van der Waals surface area contributed by atoms with Crippen LogP contribution in [-0.4, -0.2) is 52.9 Å². The average Bonchev–Trinajstić information content (AvgIpc) is 3.30. The molecule has 0 bridgehead atoms. The fraction of sp³-hybridized carbons (Fsp3) is 0.370. The number of halogens is 5. The number of rotatable bonds is 6. The first kappa shape index (κ1) is 27.6. The SMILES string of the molecule is Nc1nc(OC(c2ccc(-c3cc(F)cc(F)c3)cc2)C(F)(F)F)cc(N2CCC3(CC2)CN[C@H](C(=O)O)C3)n1. The van der Waals surface area contributed by atoms with Crippen LogP contribution in [-0.2, 0) is 4.79 Å². The number of carboxylic acids is 1. The number of hydrogen-bond acceptors (Lipinski definition) is 7. The van der Waals surface area contributed by atoms with Gasteiger partial charge in [-0.1, -0.05) is 24.3 Å². The van der Waals surface area contributed by atoms with E-state index in [1.165, 1.54) is 30.3 Å². The van der Waals surface area contributed by atoms with Crippen molar-refractivity contribution in [2.24, 2.45) is 5.41 Å². The Morgan fingerprint density at radius 3 is 2.27 bits per heavy atom. The number of carboxylic acid groups (broad SMARTS) is 1. The van der Waals surface area contributed by atoms with Gasteiger partial charge < -0.3 is 25.8 Å². The Kier molecular flexibility index (Phi) is 7.25. The summed E-state index contributed by atoms with van der Waals surface area (Å²) in [5.41, 5.74) is 5.92. The van der Waals surface area contributed by atoms with Crippen LogP contribution in [0.15, 0.2) is 48.5 Å². The summed E-state index contributed by atoms with van der Waals surface area (Å²) in [7, 11) is 0. The van der Waals surface area contributed by atoms with E-state index < -0.39 is 35.9 Å². The van der Waals surface area contributed by atoms with Gasteiger partial charge in [0.05, 0.1) is 0 Å². The molecule has 2 aliphatic rings. The maximum atomic E-state index is 14.1. The molecule has 2 atom stereocenters. The van der Waals surface area contributed by atoms with E-state index in [1.54, 1.807) is 0 Å².